The van der Waals surface area contributed by atoms with Crippen molar-refractivity contribution in [2.24, 2.45) is 0 Å². The van der Waals surface area contributed by atoms with Crippen LogP contribution in [-0.2, 0) is 10.8 Å². The van der Waals surface area contributed by atoms with E-state index < -0.39 is 16.9 Å². The zero-order chi connectivity index (χ0) is 12.4. The fourth-order valence-electron chi connectivity index (χ4n) is 1.92. The van der Waals surface area contributed by atoms with Crippen LogP contribution < -0.4 is 4.90 Å². The molecule has 2 rings (SSSR count). The first-order valence-electron chi connectivity index (χ1n) is 5.65. The van der Waals surface area contributed by atoms with Crippen molar-refractivity contribution in [2.45, 2.75) is 13.0 Å². The van der Waals surface area contributed by atoms with Gasteiger partial charge < -0.3 is 10.0 Å². The Morgan fingerprint density at radius 2 is 2.06 bits per heavy atom. The molecule has 1 heterocycles. The van der Waals surface area contributed by atoms with Crippen LogP contribution in [0, 0.1) is 0 Å². The van der Waals surface area contributed by atoms with E-state index in [1.807, 2.05) is 18.2 Å². The van der Waals surface area contributed by atoms with E-state index in [9.17, 15) is 9.32 Å². The van der Waals surface area contributed by atoms with Crippen molar-refractivity contribution in [3.05, 3.63) is 28.2 Å². The zero-order valence-corrected chi connectivity index (χ0v) is 12.1. The number of hydrogen-bond acceptors (Lipinski definition) is 3. The van der Waals surface area contributed by atoms with Gasteiger partial charge in [0.1, 0.15) is 0 Å². The number of aliphatic hydroxyl groups is 1. The molecule has 0 radical (unpaired) electrons. The Balaban J connectivity index is 2.19. The first-order valence-corrected chi connectivity index (χ1v) is 7.93. The first kappa shape index (κ1) is 13.1. The Morgan fingerprint density at radius 1 is 1.41 bits per heavy atom. The molecule has 5 heteroatoms. The van der Waals surface area contributed by atoms with Crippen molar-refractivity contribution < 1.29 is 9.32 Å². The molecule has 0 saturated carbocycles. The van der Waals surface area contributed by atoms with Crippen molar-refractivity contribution in [3.8, 4) is 0 Å². The van der Waals surface area contributed by atoms with E-state index >= 15 is 0 Å². The third-order valence-corrected chi connectivity index (χ3v) is 4.88. The standard InChI is InChI=1S/C12H16BrNO2S/c1-9(15)10-2-3-12(11(13)8-10)14-4-6-17(16)7-5-14/h2-3,8-9,15H,4-7H2,1H3/t9-/m1/s1. The molecule has 1 aliphatic rings. The number of rotatable bonds is 2. The fraction of sp³-hybridized carbons (Fsp3) is 0.500. The van der Waals surface area contributed by atoms with Crippen LogP contribution in [0.15, 0.2) is 22.7 Å². The van der Waals surface area contributed by atoms with Gasteiger partial charge >= 0.3 is 0 Å². The van der Waals surface area contributed by atoms with E-state index in [0.717, 1.165) is 40.3 Å². The van der Waals surface area contributed by atoms with Crippen molar-refractivity contribution in [1.29, 1.82) is 0 Å². The highest BCUT2D eigenvalue weighted by atomic mass is 79.9. The van der Waals surface area contributed by atoms with Crippen LogP contribution in [0.2, 0.25) is 0 Å². The topological polar surface area (TPSA) is 40.5 Å². The lowest BCUT2D eigenvalue weighted by Gasteiger charge is -2.29. The largest absolute Gasteiger partial charge is 0.389 e. The summed E-state index contributed by atoms with van der Waals surface area (Å²) in [7, 11) is -0.650. The number of hydrogen-bond donors (Lipinski definition) is 1. The summed E-state index contributed by atoms with van der Waals surface area (Å²) < 4.78 is 12.3. The fourth-order valence-corrected chi connectivity index (χ4v) is 3.62. The Hall–Kier alpha value is -0.390. The van der Waals surface area contributed by atoms with Crippen LogP contribution in [0.25, 0.3) is 0 Å². The molecule has 1 aliphatic heterocycles. The second-order valence-electron chi connectivity index (χ2n) is 4.22. The maximum absolute atomic E-state index is 11.3. The van der Waals surface area contributed by atoms with Crippen LogP contribution in [0.3, 0.4) is 0 Å². The first-order chi connectivity index (χ1) is 8.08. The molecule has 0 amide bonds. The summed E-state index contributed by atoms with van der Waals surface area (Å²) in [5.74, 6) is 1.48. The quantitative estimate of drug-likeness (QED) is 0.907. The SMILES string of the molecule is C[C@@H](O)c1ccc(N2CCS(=O)CC2)c(Br)c1. The maximum Gasteiger partial charge on any atom is 0.0762 e. The number of anilines is 1. The zero-order valence-electron chi connectivity index (χ0n) is 9.73. The average molecular weight is 318 g/mol. The van der Waals surface area contributed by atoms with Gasteiger partial charge in [0.25, 0.3) is 0 Å². The summed E-state index contributed by atoms with van der Waals surface area (Å²) in [4.78, 5) is 2.23. The van der Waals surface area contributed by atoms with Crippen LogP contribution in [0.5, 0.6) is 0 Å². The maximum atomic E-state index is 11.3. The second-order valence-corrected chi connectivity index (χ2v) is 6.77. The summed E-state index contributed by atoms with van der Waals surface area (Å²) in [6, 6.07) is 5.91. The van der Waals surface area contributed by atoms with Crippen LogP contribution in [0.1, 0.15) is 18.6 Å². The highest BCUT2D eigenvalue weighted by Gasteiger charge is 2.17. The highest BCUT2D eigenvalue weighted by molar-refractivity contribution is 9.10. The normalized spacial score (nSPS) is 19.4. The van der Waals surface area contributed by atoms with E-state index in [1.165, 1.54) is 0 Å². The molecule has 0 unspecified atom stereocenters. The summed E-state index contributed by atoms with van der Waals surface area (Å²) in [6.07, 6.45) is -0.450. The molecule has 94 valence electrons. The average Bonchev–Trinajstić information content (AvgIpc) is 2.30. The smallest absolute Gasteiger partial charge is 0.0762 e. The monoisotopic (exact) mass is 317 g/mol. The third kappa shape index (κ3) is 3.09. The van der Waals surface area contributed by atoms with Crippen molar-refractivity contribution >= 4 is 32.4 Å². The van der Waals surface area contributed by atoms with E-state index in [0.29, 0.717) is 0 Å². The molecule has 1 saturated heterocycles. The Bertz CT molecular complexity index is 427. The molecule has 0 aromatic heterocycles. The third-order valence-electron chi connectivity index (χ3n) is 2.97. The molecular weight excluding hydrogens is 302 g/mol. The van der Waals surface area contributed by atoms with E-state index in [1.54, 1.807) is 6.92 Å². The lowest BCUT2D eigenvalue weighted by molar-refractivity contribution is 0.199. The van der Waals surface area contributed by atoms with Gasteiger partial charge in [0.15, 0.2) is 0 Å². The molecule has 1 N–H and O–H groups in total. The minimum absolute atomic E-state index is 0.450. The molecule has 0 bridgehead atoms. The van der Waals surface area contributed by atoms with Gasteiger partial charge in [-0.15, -0.1) is 0 Å². The molecule has 1 atom stereocenters. The van der Waals surface area contributed by atoms with Crippen molar-refractivity contribution in [1.82, 2.24) is 0 Å². The Kier molecular flexibility index (Phi) is 4.22. The minimum Gasteiger partial charge on any atom is -0.389 e. The van der Waals surface area contributed by atoms with Crippen LogP contribution >= 0.6 is 15.9 Å². The molecule has 17 heavy (non-hydrogen) atoms. The number of halogens is 1. The number of benzene rings is 1. The van der Waals surface area contributed by atoms with E-state index in [-0.39, 0.29) is 0 Å². The van der Waals surface area contributed by atoms with Gasteiger partial charge in [-0.25, -0.2) is 0 Å². The van der Waals surface area contributed by atoms with Gasteiger partial charge in [0.05, 0.1) is 11.8 Å². The molecular formula is C12H16BrNO2S. The molecule has 1 aromatic rings. The summed E-state index contributed by atoms with van der Waals surface area (Å²) in [5, 5.41) is 9.51. The van der Waals surface area contributed by atoms with Gasteiger partial charge in [-0.1, -0.05) is 6.07 Å². The molecule has 3 nitrogen and oxygen atoms in total. The summed E-state index contributed by atoms with van der Waals surface area (Å²) >= 11 is 3.54. The Morgan fingerprint density at radius 3 is 2.59 bits per heavy atom. The molecule has 0 aliphatic carbocycles. The van der Waals surface area contributed by atoms with Crippen LogP contribution in [0.4, 0.5) is 5.69 Å². The molecule has 0 spiro atoms. The molecule has 1 aromatic carbocycles. The lowest BCUT2D eigenvalue weighted by Crippen LogP contribution is -2.37. The second kappa shape index (κ2) is 5.50. The predicted molar refractivity (Wildman–Crippen MR) is 74.9 cm³/mol. The van der Waals surface area contributed by atoms with E-state index in [4.69, 9.17) is 0 Å². The van der Waals surface area contributed by atoms with Gasteiger partial charge in [-0.2, -0.15) is 0 Å². The van der Waals surface area contributed by atoms with Gasteiger partial charge in [0, 0.05) is 39.9 Å². The predicted octanol–water partition coefficient (Wildman–Crippen LogP) is 2.07. The molecule has 1 fully saturated rings. The van der Waals surface area contributed by atoms with Gasteiger partial charge in [-0.05, 0) is 40.5 Å². The van der Waals surface area contributed by atoms with Crippen molar-refractivity contribution in [3.63, 3.8) is 0 Å². The lowest BCUT2D eigenvalue weighted by atomic mass is 10.1. The van der Waals surface area contributed by atoms with Crippen LogP contribution in [-0.4, -0.2) is 33.9 Å². The number of nitrogens with zero attached hydrogens (tertiary/aromatic N) is 1. The summed E-state index contributed by atoms with van der Waals surface area (Å²) in [6.45, 7) is 3.42. The van der Waals surface area contributed by atoms with Gasteiger partial charge in [0.2, 0.25) is 0 Å². The highest BCUT2D eigenvalue weighted by Crippen LogP contribution is 2.30. The van der Waals surface area contributed by atoms with Crippen molar-refractivity contribution in [2.75, 3.05) is 29.5 Å². The minimum atomic E-state index is -0.650. The van der Waals surface area contributed by atoms with Gasteiger partial charge in [-0.3, -0.25) is 4.21 Å². The summed E-state index contributed by atoms with van der Waals surface area (Å²) in [5.41, 5.74) is 2.02. The van der Waals surface area contributed by atoms with E-state index in [2.05, 4.69) is 20.8 Å². The Labute approximate surface area is 112 Å². The number of aliphatic hydroxyl groups excluding tert-OH is 1.